The molecule has 0 atom stereocenters. The Morgan fingerprint density at radius 3 is 2.78 bits per heavy atom. The second kappa shape index (κ2) is 6.96. The maximum absolute atomic E-state index is 12.3. The van der Waals surface area contributed by atoms with E-state index in [0.29, 0.717) is 18.5 Å². The van der Waals surface area contributed by atoms with Gasteiger partial charge in [0.1, 0.15) is 11.5 Å². The monoisotopic (exact) mass is 310 g/mol. The molecule has 0 spiro atoms. The highest BCUT2D eigenvalue weighted by Gasteiger charge is 2.03. The molecule has 2 aromatic carbocycles. The maximum atomic E-state index is 12.3. The molecular weight excluding hydrogens is 292 g/mol. The summed E-state index contributed by atoms with van der Waals surface area (Å²) in [7, 11) is 1.62. The number of ether oxygens (including phenoxy) is 2. The third-order valence-electron chi connectivity index (χ3n) is 3.58. The van der Waals surface area contributed by atoms with Crippen molar-refractivity contribution in [3.8, 4) is 11.5 Å². The molecule has 0 N–H and O–H groups in total. The Labute approximate surface area is 134 Å². The predicted octanol–water partition coefficient (Wildman–Crippen LogP) is 2.87. The van der Waals surface area contributed by atoms with Crippen molar-refractivity contribution in [1.29, 1.82) is 0 Å². The summed E-state index contributed by atoms with van der Waals surface area (Å²) in [6.07, 6.45) is 2.31. The van der Waals surface area contributed by atoms with Gasteiger partial charge in [-0.15, -0.1) is 0 Å². The Balaban J connectivity index is 1.60. The van der Waals surface area contributed by atoms with E-state index in [9.17, 15) is 4.79 Å². The number of rotatable bonds is 6. The summed E-state index contributed by atoms with van der Waals surface area (Å²) in [5.41, 5.74) is 0.707. The molecule has 0 fully saturated rings. The lowest BCUT2D eigenvalue weighted by Crippen LogP contribution is -2.21. The second-order valence-corrected chi connectivity index (χ2v) is 5.14. The number of fused-ring (bicyclic) bond motifs is 1. The van der Waals surface area contributed by atoms with Crippen LogP contribution in [0.5, 0.6) is 11.5 Å². The first-order chi connectivity index (χ1) is 11.3. The molecule has 1 aromatic heterocycles. The van der Waals surface area contributed by atoms with Gasteiger partial charge in [0, 0.05) is 12.6 Å². The largest absolute Gasteiger partial charge is 0.497 e. The van der Waals surface area contributed by atoms with Gasteiger partial charge in [0.2, 0.25) is 0 Å². The van der Waals surface area contributed by atoms with Crippen LogP contribution in [-0.4, -0.2) is 23.3 Å². The van der Waals surface area contributed by atoms with Crippen LogP contribution in [-0.2, 0) is 6.54 Å². The molecule has 5 nitrogen and oxygen atoms in total. The summed E-state index contributed by atoms with van der Waals surface area (Å²) in [6.45, 7) is 1.09. The van der Waals surface area contributed by atoms with E-state index in [4.69, 9.17) is 9.47 Å². The molecule has 118 valence electrons. The number of methoxy groups -OCH3 is 1. The first-order valence-electron chi connectivity index (χ1n) is 7.49. The smallest absolute Gasteiger partial charge is 0.261 e. The molecule has 5 heteroatoms. The normalized spacial score (nSPS) is 10.7. The summed E-state index contributed by atoms with van der Waals surface area (Å²) in [5, 5.41) is 0.642. The lowest BCUT2D eigenvalue weighted by Gasteiger charge is -2.09. The number of para-hydroxylation sites is 1. The summed E-state index contributed by atoms with van der Waals surface area (Å²) in [6, 6.07) is 14.8. The van der Waals surface area contributed by atoms with Gasteiger partial charge in [0.25, 0.3) is 5.56 Å². The van der Waals surface area contributed by atoms with Gasteiger partial charge in [0.15, 0.2) is 0 Å². The van der Waals surface area contributed by atoms with Gasteiger partial charge in [-0.1, -0.05) is 18.2 Å². The second-order valence-electron chi connectivity index (χ2n) is 5.14. The van der Waals surface area contributed by atoms with Gasteiger partial charge in [0.05, 0.1) is 30.9 Å². The van der Waals surface area contributed by atoms with Crippen molar-refractivity contribution in [3.05, 3.63) is 65.2 Å². The van der Waals surface area contributed by atoms with Crippen molar-refractivity contribution < 1.29 is 9.47 Å². The van der Waals surface area contributed by atoms with Crippen LogP contribution in [0.15, 0.2) is 59.7 Å². The molecule has 0 radical (unpaired) electrons. The van der Waals surface area contributed by atoms with Gasteiger partial charge >= 0.3 is 0 Å². The minimum absolute atomic E-state index is 0.0167. The number of hydrogen-bond acceptors (Lipinski definition) is 4. The lowest BCUT2D eigenvalue weighted by atomic mass is 10.2. The number of nitrogens with zero attached hydrogens (tertiary/aromatic N) is 2. The van der Waals surface area contributed by atoms with E-state index in [2.05, 4.69) is 4.98 Å². The van der Waals surface area contributed by atoms with E-state index in [1.54, 1.807) is 24.1 Å². The van der Waals surface area contributed by atoms with Crippen molar-refractivity contribution in [1.82, 2.24) is 9.55 Å². The van der Waals surface area contributed by atoms with E-state index in [1.807, 2.05) is 42.5 Å². The molecule has 3 rings (SSSR count). The van der Waals surface area contributed by atoms with E-state index < -0.39 is 0 Å². The fourth-order valence-corrected chi connectivity index (χ4v) is 2.38. The van der Waals surface area contributed by atoms with Crippen molar-refractivity contribution in [3.63, 3.8) is 0 Å². The number of aryl methyl sites for hydroxylation is 1. The highest BCUT2D eigenvalue weighted by atomic mass is 16.5. The molecule has 0 bridgehead atoms. The minimum Gasteiger partial charge on any atom is -0.497 e. The topological polar surface area (TPSA) is 53.4 Å². The molecule has 0 aliphatic heterocycles. The quantitative estimate of drug-likeness (QED) is 0.657. The summed E-state index contributed by atoms with van der Waals surface area (Å²) >= 11 is 0. The van der Waals surface area contributed by atoms with Gasteiger partial charge in [-0.25, -0.2) is 4.98 Å². The average molecular weight is 310 g/mol. The first-order valence-corrected chi connectivity index (χ1v) is 7.49. The number of benzene rings is 2. The number of aromatic nitrogens is 2. The molecule has 0 saturated carbocycles. The maximum Gasteiger partial charge on any atom is 0.261 e. The Hall–Kier alpha value is -2.82. The molecular formula is C18H18N2O3. The number of hydrogen-bond donors (Lipinski definition) is 0. The van der Waals surface area contributed by atoms with E-state index in [-0.39, 0.29) is 5.56 Å². The summed E-state index contributed by atoms with van der Waals surface area (Å²) in [4.78, 5) is 16.6. The van der Waals surface area contributed by atoms with Crippen LogP contribution in [0.4, 0.5) is 0 Å². The lowest BCUT2D eigenvalue weighted by molar-refractivity contribution is 0.298. The van der Waals surface area contributed by atoms with Crippen LogP contribution in [0.2, 0.25) is 0 Å². The molecule has 0 unspecified atom stereocenters. The van der Waals surface area contributed by atoms with Gasteiger partial charge in [-0.2, -0.15) is 0 Å². The Kier molecular flexibility index (Phi) is 4.57. The Morgan fingerprint density at radius 1 is 1.09 bits per heavy atom. The Bertz CT molecular complexity index is 858. The van der Waals surface area contributed by atoms with Crippen LogP contribution in [0.1, 0.15) is 6.42 Å². The standard InChI is InChI=1S/C18H18N2O3/c1-22-14-6-4-7-15(12-14)23-11-5-10-20-13-19-17-9-3-2-8-16(17)18(20)21/h2-4,6-9,12-13H,5,10-11H2,1H3. The van der Waals surface area contributed by atoms with Crippen molar-refractivity contribution in [2.45, 2.75) is 13.0 Å². The van der Waals surface area contributed by atoms with Gasteiger partial charge in [-0.05, 0) is 30.7 Å². The third kappa shape index (κ3) is 3.51. The highest BCUT2D eigenvalue weighted by molar-refractivity contribution is 5.76. The van der Waals surface area contributed by atoms with Crippen molar-refractivity contribution in [2.24, 2.45) is 0 Å². The first kappa shape index (κ1) is 15.1. The zero-order chi connectivity index (χ0) is 16.1. The van der Waals surface area contributed by atoms with Crippen molar-refractivity contribution in [2.75, 3.05) is 13.7 Å². The molecule has 0 aliphatic carbocycles. The average Bonchev–Trinajstić information content (AvgIpc) is 2.61. The molecule has 0 aliphatic rings. The van der Waals surface area contributed by atoms with Crippen molar-refractivity contribution >= 4 is 10.9 Å². The van der Waals surface area contributed by atoms with E-state index >= 15 is 0 Å². The van der Waals surface area contributed by atoms with Crippen LogP contribution < -0.4 is 15.0 Å². The molecule has 0 saturated heterocycles. The van der Waals surface area contributed by atoms with Gasteiger partial charge in [-0.3, -0.25) is 9.36 Å². The molecule has 0 amide bonds. The minimum atomic E-state index is -0.0167. The van der Waals surface area contributed by atoms with Crippen LogP contribution in [0.3, 0.4) is 0 Å². The van der Waals surface area contributed by atoms with E-state index in [1.165, 1.54) is 0 Å². The van der Waals surface area contributed by atoms with Crippen LogP contribution in [0.25, 0.3) is 10.9 Å². The fraction of sp³-hybridized carbons (Fsp3) is 0.222. The SMILES string of the molecule is COc1cccc(OCCCn2cnc3ccccc3c2=O)c1. The zero-order valence-corrected chi connectivity index (χ0v) is 12.9. The zero-order valence-electron chi connectivity index (χ0n) is 12.9. The molecule has 1 heterocycles. The Morgan fingerprint density at radius 2 is 1.91 bits per heavy atom. The van der Waals surface area contributed by atoms with Crippen LogP contribution >= 0.6 is 0 Å². The van der Waals surface area contributed by atoms with Crippen LogP contribution in [0, 0.1) is 0 Å². The molecule has 23 heavy (non-hydrogen) atoms. The highest BCUT2D eigenvalue weighted by Crippen LogP contribution is 2.18. The van der Waals surface area contributed by atoms with Gasteiger partial charge < -0.3 is 9.47 Å². The predicted molar refractivity (Wildman–Crippen MR) is 89.1 cm³/mol. The molecule has 3 aromatic rings. The van der Waals surface area contributed by atoms with E-state index in [0.717, 1.165) is 23.4 Å². The third-order valence-corrected chi connectivity index (χ3v) is 3.58. The summed E-state index contributed by atoms with van der Waals surface area (Å²) < 4.78 is 12.5. The fourth-order valence-electron chi connectivity index (χ4n) is 2.38. The summed E-state index contributed by atoms with van der Waals surface area (Å²) in [5.74, 6) is 1.52.